The lowest BCUT2D eigenvalue weighted by molar-refractivity contribution is -0.142. The average molecular weight is 482 g/mol. The highest BCUT2D eigenvalue weighted by atomic mass is 32.2. The third kappa shape index (κ3) is 16.4. The highest BCUT2D eigenvalue weighted by Gasteiger charge is 2.26. The molecule has 0 spiro atoms. The first-order valence-corrected chi connectivity index (χ1v) is 11.8. The van der Waals surface area contributed by atoms with E-state index in [0.29, 0.717) is 6.54 Å². The molecule has 13 heteroatoms. The molecule has 32 heavy (non-hydrogen) atoms. The molecule has 0 aromatic rings. The van der Waals surface area contributed by atoms with Gasteiger partial charge in [-0.2, -0.15) is 4.31 Å². The molecule has 0 fully saturated rings. The molecule has 12 nitrogen and oxygen atoms in total. The molecule has 0 rings (SSSR count). The first kappa shape index (κ1) is 29.8. The predicted octanol–water partition coefficient (Wildman–Crippen LogP) is -0.818. The Hall–Kier alpha value is -2.25. The first-order valence-electron chi connectivity index (χ1n) is 10.1. The largest absolute Gasteiger partial charge is 0.464 e. The number of carbonyl (C=O) groups excluding carboxylic acids is 4. The van der Waals surface area contributed by atoms with Gasteiger partial charge in [0.25, 0.3) is 0 Å². The van der Waals surface area contributed by atoms with Gasteiger partial charge in [0.1, 0.15) is 19.8 Å². The molecule has 2 N–H and O–H groups in total. The zero-order valence-corrected chi connectivity index (χ0v) is 20.2. The summed E-state index contributed by atoms with van der Waals surface area (Å²) in [5, 5.41) is 5.74. The molecule has 0 aliphatic carbocycles. The highest BCUT2D eigenvalue weighted by Crippen LogP contribution is 2.04. The zero-order chi connectivity index (χ0) is 24.8. The molecule has 1 amide bonds. The van der Waals surface area contributed by atoms with Crippen molar-refractivity contribution in [1.82, 2.24) is 14.9 Å². The van der Waals surface area contributed by atoms with Crippen molar-refractivity contribution < 1.29 is 41.8 Å². The van der Waals surface area contributed by atoms with Crippen LogP contribution in [0.1, 0.15) is 41.0 Å². The molecule has 0 unspecified atom stereocenters. The van der Waals surface area contributed by atoms with Crippen LogP contribution in [0.15, 0.2) is 0 Å². The first-order chi connectivity index (χ1) is 14.7. The molecule has 0 bridgehead atoms. The molecule has 0 aromatic carbocycles. The number of nitrogens with one attached hydrogen (secondary N) is 2. The van der Waals surface area contributed by atoms with Gasteiger partial charge in [-0.15, -0.1) is 0 Å². The average Bonchev–Trinajstić information content (AvgIpc) is 2.62. The summed E-state index contributed by atoms with van der Waals surface area (Å²) < 4.78 is 40.2. The molecule has 0 aliphatic heterocycles. The van der Waals surface area contributed by atoms with Gasteiger partial charge in [-0.05, 0) is 20.8 Å². The lowest BCUT2D eigenvalue weighted by atomic mass is 10.1. The quantitative estimate of drug-likeness (QED) is 0.172. The van der Waals surface area contributed by atoms with E-state index in [1.807, 2.05) is 20.8 Å². The maximum absolute atomic E-state index is 12.5. The number of carbonyl (C=O) groups is 4. The van der Waals surface area contributed by atoms with Crippen LogP contribution in [0.25, 0.3) is 0 Å². The Morgan fingerprint density at radius 1 is 0.844 bits per heavy atom. The Morgan fingerprint density at radius 2 is 1.38 bits per heavy atom. The van der Waals surface area contributed by atoms with Crippen LogP contribution in [0.2, 0.25) is 0 Å². The van der Waals surface area contributed by atoms with Gasteiger partial charge < -0.3 is 24.8 Å². The van der Waals surface area contributed by atoms with Crippen molar-refractivity contribution in [2.75, 3.05) is 51.8 Å². The normalized spacial score (nSPS) is 11.7. The Morgan fingerprint density at radius 3 is 1.84 bits per heavy atom. The van der Waals surface area contributed by atoms with Crippen molar-refractivity contribution in [1.29, 1.82) is 0 Å². The lowest BCUT2D eigenvalue weighted by Gasteiger charge is -2.21. The van der Waals surface area contributed by atoms with Crippen LogP contribution in [0, 0.1) is 0 Å². The summed E-state index contributed by atoms with van der Waals surface area (Å²) in [6.45, 7) is 7.76. The van der Waals surface area contributed by atoms with Gasteiger partial charge in [0.05, 0.1) is 6.54 Å². The fraction of sp³-hybridized carbons (Fsp3) is 0.789. The van der Waals surface area contributed by atoms with Crippen LogP contribution in [-0.4, -0.2) is 93.8 Å². The van der Waals surface area contributed by atoms with Crippen molar-refractivity contribution in [3.8, 4) is 0 Å². The monoisotopic (exact) mass is 481 g/mol. The van der Waals surface area contributed by atoms with Gasteiger partial charge >= 0.3 is 17.9 Å². The summed E-state index contributed by atoms with van der Waals surface area (Å²) in [6.07, 6.45) is 0.249. The minimum absolute atomic E-state index is 0.0444. The fourth-order valence-electron chi connectivity index (χ4n) is 2.25. The molecular weight excluding hydrogens is 446 g/mol. The third-order valence-corrected chi connectivity index (χ3v) is 5.43. The van der Waals surface area contributed by atoms with Gasteiger partial charge in [-0.25, -0.2) is 8.42 Å². The van der Waals surface area contributed by atoms with E-state index in [0.717, 1.165) is 4.31 Å². The third-order valence-electron chi connectivity index (χ3n) is 3.68. The Balaban J connectivity index is 4.47. The number of esters is 3. The lowest BCUT2D eigenvalue weighted by Crippen LogP contribution is -2.41. The van der Waals surface area contributed by atoms with Crippen LogP contribution in [0.3, 0.4) is 0 Å². The van der Waals surface area contributed by atoms with E-state index in [1.54, 1.807) is 0 Å². The van der Waals surface area contributed by atoms with E-state index in [-0.39, 0.29) is 57.3 Å². The Bertz CT molecular complexity index is 713. The molecule has 186 valence electrons. The maximum atomic E-state index is 12.5. The van der Waals surface area contributed by atoms with Gasteiger partial charge in [-0.3, -0.25) is 19.2 Å². The number of ether oxygens (including phenoxy) is 3. The van der Waals surface area contributed by atoms with Crippen molar-refractivity contribution in [2.45, 2.75) is 46.6 Å². The predicted molar refractivity (Wildman–Crippen MR) is 115 cm³/mol. The topological polar surface area (TPSA) is 157 Å². The second kappa shape index (κ2) is 14.7. The number of rotatable bonds is 15. The molecule has 0 atom stereocenters. The van der Waals surface area contributed by atoms with Gasteiger partial charge in [-0.1, -0.05) is 0 Å². The van der Waals surface area contributed by atoms with Crippen LogP contribution < -0.4 is 10.6 Å². The van der Waals surface area contributed by atoms with Gasteiger partial charge in [0.2, 0.25) is 15.9 Å². The van der Waals surface area contributed by atoms with E-state index in [2.05, 4.69) is 10.6 Å². The Labute approximate surface area is 189 Å². The molecule has 0 aromatic heterocycles. The summed E-state index contributed by atoms with van der Waals surface area (Å²) in [4.78, 5) is 45.4. The van der Waals surface area contributed by atoms with Gasteiger partial charge in [0.15, 0.2) is 5.75 Å². The molecule has 0 saturated carbocycles. The van der Waals surface area contributed by atoms with Gasteiger partial charge in [0, 0.05) is 45.4 Å². The molecule has 0 heterocycles. The minimum atomic E-state index is -4.12. The van der Waals surface area contributed by atoms with Crippen molar-refractivity contribution in [3.05, 3.63) is 0 Å². The van der Waals surface area contributed by atoms with Crippen LogP contribution in [0.4, 0.5) is 0 Å². The molecule has 0 aliphatic rings. The van der Waals surface area contributed by atoms with Crippen LogP contribution in [-0.2, 0) is 43.4 Å². The zero-order valence-electron chi connectivity index (χ0n) is 19.4. The molecular formula is C19H35N3O9S. The summed E-state index contributed by atoms with van der Waals surface area (Å²) in [7, 11) is -4.12. The second-order valence-corrected chi connectivity index (χ2v) is 9.80. The van der Waals surface area contributed by atoms with E-state index < -0.39 is 33.7 Å². The molecule has 0 saturated heterocycles. The number of hydrogen-bond acceptors (Lipinski definition) is 10. The van der Waals surface area contributed by atoms with Crippen LogP contribution in [0.5, 0.6) is 0 Å². The van der Waals surface area contributed by atoms with Crippen molar-refractivity contribution >= 4 is 33.8 Å². The summed E-state index contributed by atoms with van der Waals surface area (Å²) in [5.41, 5.74) is -0.106. The maximum Gasteiger partial charge on any atom is 0.322 e. The Kier molecular flexibility index (Phi) is 13.7. The SMILES string of the molecule is CC(=O)OCCN(CCOC(C)=O)S(=O)(=O)CC(=O)OCCNC(=O)CCNC(C)(C)C. The molecule has 0 radical (unpaired) electrons. The number of amides is 1. The van der Waals surface area contributed by atoms with Crippen molar-refractivity contribution in [3.63, 3.8) is 0 Å². The number of sulfonamides is 1. The summed E-state index contributed by atoms with van der Waals surface area (Å²) in [6, 6.07) is 0. The van der Waals surface area contributed by atoms with E-state index in [4.69, 9.17) is 14.2 Å². The number of nitrogens with zero attached hydrogens (tertiary/aromatic N) is 1. The second-order valence-electron chi connectivity index (χ2n) is 7.83. The fourth-order valence-corrected chi connectivity index (χ4v) is 3.52. The van der Waals surface area contributed by atoms with E-state index in [1.165, 1.54) is 13.8 Å². The summed E-state index contributed by atoms with van der Waals surface area (Å²) in [5.74, 6) is -3.35. The minimum Gasteiger partial charge on any atom is -0.464 e. The number of hydrogen-bond donors (Lipinski definition) is 2. The summed E-state index contributed by atoms with van der Waals surface area (Å²) >= 11 is 0. The highest BCUT2D eigenvalue weighted by molar-refractivity contribution is 7.89. The smallest absolute Gasteiger partial charge is 0.322 e. The van der Waals surface area contributed by atoms with Crippen molar-refractivity contribution in [2.24, 2.45) is 0 Å². The van der Waals surface area contributed by atoms with E-state index in [9.17, 15) is 27.6 Å². The van der Waals surface area contributed by atoms with E-state index >= 15 is 0 Å². The van der Waals surface area contributed by atoms with Crippen LogP contribution >= 0.6 is 0 Å². The standard InChI is InChI=1S/C19H35N3O9S/c1-15(23)29-12-9-22(10-13-30-16(2)24)32(27,28)14-18(26)31-11-8-20-17(25)6-7-21-19(3,4)5/h21H,6-14H2,1-5H3,(H,20,25).